The maximum atomic E-state index is 13.1. The average molecular weight is 689 g/mol. The Morgan fingerprint density at radius 3 is 1.85 bits per heavy atom. The van der Waals surface area contributed by atoms with Crippen LogP contribution in [0.15, 0.2) is 0 Å². The van der Waals surface area contributed by atoms with Crippen LogP contribution >= 0.6 is 0 Å². The van der Waals surface area contributed by atoms with Crippen molar-refractivity contribution in [1.29, 1.82) is 0 Å². The first-order valence-corrected chi connectivity index (χ1v) is 16.9. The number of rotatable bonds is 26. The van der Waals surface area contributed by atoms with Gasteiger partial charge in [0.15, 0.2) is 6.29 Å². The van der Waals surface area contributed by atoms with Crippen molar-refractivity contribution < 1.29 is 58.3 Å². The summed E-state index contributed by atoms with van der Waals surface area (Å²) in [5.74, 6) is -2.35. The Hall–Kier alpha value is -3.02. The first-order valence-electron chi connectivity index (χ1n) is 16.9. The van der Waals surface area contributed by atoms with E-state index in [0.29, 0.717) is 25.4 Å². The molecule has 1 heterocycles. The van der Waals surface area contributed by atoms with Crippen LogP contribution in [0.4, 0.5) is 0 Å². The maximum Gasteiger partial charge on any atom is 0.240 e. The standard InChI is InChI=1S/C32H56N4O12/c1-4-6-8-10-23(20-37)34-26(40)18-36(19-27(41)35-24(21-38)11-9-7-5-2)28(42)13-12-25(39)33-14-15-46-16-17-47-32-31(45)30(44)29(43)22(3)48-32/h20-24,29-32,43-45H,4-19H2,1-3H3,(H,33,39)(H,34,40)(H,35,41)/t22-,23-,24-,29-,30+,31+,32+/m0/s1. The number of aliphatic hydroxyl groups is 3. The summed E-state index contributed by atoms with van der Waals surface area (Å²) in [5.41, 5.74) is 0. The zero-order valence-electron chi connectivity index (χ0n) is 28.5. The van der Waals surface area contributed by atoms with Gasteiger partial charge < -0.3 is 60.0 Å². The number of carbonyl (C=O) groups excluding carboxylic acids is 6. The number of unbranched alkanes of at least 4 members (excludes halogenated alkanes) is 4. The van der Waals surface area contributed by atoms with E-state index in [4.69, 9.17) is 14.2 Å². The van der Waals surface area contributed by atoms with Crippen LogP contribution in [-0.2, 0) is 43.0 Å². The van der Waals surface area contributed by atoms with Gasteiger partial charge in [-0.1, -0.05) is 52.4 Å². The molecule has 48 heavy (non-hydrogen) atoms. The van der Waals surface area contributed by atoms with E-state index in [1.54, 1.807) is 0 Å². The molecular formula is C32H56N4O12. The molecule has 1 rings (SSSR count). The molecule has 0 aromatic heterocycles. The van der Waals surface area contributed by atoms with Crippen molar-refractivity contribution in [2.45, 2.75) is 128 Å². The molecule has 16 nitrogen and oxygen atoms in total. The van der Waals surface area contributed by atoms with Gasteiger partial charge in [0.05, 0.1) is 38.0 Å². The molecule has 16 heteroatoms. The minimum Gasteiger partial charge on any atom is -0.388 e. The highest BCUT2D eigenvalue weighted by Gasteiger charge is 2.42. The second-order valence-corrected chi connectivity index (χ2v) is 11.9. The Kier molecular flexibility index (Phi) is 22.4. The van der Waals surface area contributed by atoms with Gasteiger partial charge in [0.1, 0.15) is 44.0 Å². The highest BCUT2D eigenvalue weighted by atomic mass is 16.7. The molecule has 0 aromatic rings. The van der Waals surface area contributed by atoms with Gasteiger partial charge in [0.25, 0.3) is 0 Å². The Labute approximate surface area is 282 Å². The number of nitrogens with zero attached hydrogens (tertiary/aromatic N) is 1. The first-order chi connectivity index (χ1) is 23.0. The monoisotopic (exact) mass is 688 g/mol. The number of ether oxygens (including phenoxy) is 3. The lowest BCUT2D eigenvalue weighted by Gasteiger charge is -2.38. The Morgan fingerprint density at radius 1 is 0.771 bits per heavy atom. The molecule has 0 saturated carbocycles. The van der Waals surface area contributed by atoms with Gasteiger partial charge in [0.2, 0.25) is 23.6 Å². The summed E-state index contributed by atoms with van der Waals surface area (Å²) in [4.78, 5) is 74.8. The van der Waals surface area contributed by atoms with Gasteiger partial charge in [-0.25, -0.2) is 0 Å². The zero-order chi connectivity index (χ0) is 35.9. The van der Waals surface area contributed by atoms with Crippen molar-refractivity contribution in [1.82, 2.24) is 20.9 Å². The van der Waals surface area contributed by atoms with Gasteiger partial charge in [-0.3, -0.25) is 19.2 Å². The Balaban J connectivity index is 2.56. The van der Waals surface area contributed by atoms with Gasteiger partial charge in [0, 0.05) is 19.4 Å². The first kappa shape index (κ1) is 43.0. The van der Waals surface area contributed by atoms with Crippen molar-refractivity contribution in [2.75, 3.05) is 39.5 Å². The van der Waals surface area contributed by atoms with Crippen molar-refractivity contribution in [3.8, 4) is 0 Å². The largest absolute Gasteiger partial charge is 0.388 e. The predicted molar refractivity (Wildman–Crippen MR) is 172 cm³/mol. The van der Waals surface area contributed by atoms with Crippen molar-refractivity contribution in [2.24, 2.45) is 0 Å². The van der Waals surface area contributed by atoms with E-state index in [1.165, 1.54) is 6.92 Å². The van der Waals surface area contributed by atoms with E-state index < -0.39 is 79.5 Å². The third kappa shape index (κ3) is 17.4. The third-order valence-corrected chi connectivity index (χ3v) is 7.73. The molecule has 276 valence electrons. The molecule has 0 bridgehead atoms. The molecule has 6 N–H and O–H groups in total. The lowest BCUT2D eigenvalue weighted by molar-refractivity contribution is -0.294. The third-order valence-electron chi connectivity index (χ3n) is 7.73. The molecule has 0 aliphatic carbocycles. The quantitative estimate of drug-likeness (QED) is 0.0480. The highest BCUT2D eigenvalue weighted by Crippen LogP contribution is 2.21. The molecule has 1 saturated heterocycles. The second-order valence-electron chi connectivity index (χ2n) is 11.9. The summed E-state index contributed by atoms with van der Waals surface area (Å²) in [6.07, 6.45) is 0.813. The minimum atomic E-state index is -1.43. The zero-order valence-corrected chi connectivity index (χ0v) is 28.5. The maximum absolute atomic E-state index is 13.1. The lowest BCUT2D eigenvalue weighted by atomic mass is 10.0. The summed E-state index contributed by atoms with van der Waals surface area (Å²) in [6, 6.07) is -1.46. The predicted octanol–water partition coefficient (Wildman–Crippen LogP) is -0.900. The molecular weight excluding hydrogens is 632 g/mol. The molecule has 1 aliphatic heterocycles. The van der Waals surface area contributed by atoms with E-state index in [9.17, 15) is 44.1 Å². The van der Waals surface area contributed by atoms with Crippen molar-refractivity contribution >= 4 is 36.2 Å². The summed E-state index contributed by atoms with van der Waals surface area (Å²) in [7, 11) is 0. The summed E-state index contributed by atoms with van der Waals surface area (Å²) in [6.45, 7) is 4.85. The van der Waals surface area contributed by atoms with Crippen LogP contribution in [0, 0.1) is 0 Å². The van der Waals surface area contributed by atoms with Crippen LogP contribution in [0.1, 0.15) is 85.0 Å². The Bertz CT molecular complexity index is 949. The van der Waals surface area contributed by atoms with Crippen molar-refractivity contribution in [3.05, 3.63) is 0 Å². The number of hydrogen-bond acceptors (Lipinski definition) is 12. The van der Waals surface area contributed by atoms with Crippen LogP contribution in [0.3, 0.4) is 0 Å². The van der Waals surface area contributed by atoms with Crippen LogP contribution in [-0.4, -0.2) is 139 Å². The highest BCUT2D eigenvalue weighted by molar-refractivity contribution is 5.91. The van der Waals surface area contributed by atoms with Gasteiger partial charge >= 0.3 is 0 Å². The molecule has 0 aromatic carbocycles. The van der Waals surface area contributed by atoms with Crippen LogP contribution < -0.4 is 16.0 Å². The van der Waals surface area contributed by atoms with Crippen LogP contribution in [0.5, 0.6) is 0 Å². The van der Waals surface area contributed by atoms with Crippen LogP contribution in [0.2, 0.25) is 0 Å². The molecule has 1 fully saturated rings. The SMILES string of the molecule is CCCCC[C@@H](C=O)NC(=O)CN(CC(=O)N[C@H](C=O)CCCCC)C(=O)CCC(=O)NCCOCCO[C@@H]1O[C@@H](C)[C@H](O)[C@@H](O)[C@H]1O. The number of aldehydes is 2. The number of nitrogens with one attached hydrogen (secondary N) is 3. The van der Waals surface area contributed by atoms with Crippen molar-refractivity contribution in [3.63, 3.8) is 0 Å². The molecule has 4 amide bonds. The van der Waals surface area contributed by atoms with Gasteiger partial charge in [-0.2, -0.15) is 0 Å². The summed E-state index contributed by atoms with van der Waals surface area (Å²) >= 11 is 0. The fourth-order valence-corrected chi connectivity index (χ4v) is 4.87. The van der Waals surface area contributed by atoms with Crippen LogP contribution in [0.25, 0.3) is 0 Å². The molecule has 0 spiro atoms. The fraction of sp³-hybridized carbons (Fsp3) is 0.812. The molecule has 7 atom stereocenters. The normalized spacial score (nSPS) is 21.8. The van der Waals surface area contributed by atoms with E-state index in [1.807, 2.05) is 13.8 Å². The number of hydrogen-bond donors (Lipinski definition) is 6. The topological polar surface area (TPSA) is 230 Å². The van der Waals surface area contributed by atoms with E-state index in [-0.39, 0.29) is 39.2 Å². The van der Waals surface area contributed by atoms with E-state index >= 15 is 0 Å². The summed E-state index contributed by atoms with van der Waals surface area (Å²) < 4.78 is 16.1. The van der Waals surface area contributed by atoms with Gasteiger partial charge in [-0.15, -0.1) is 0 Å². The molecule has 0 radical (unpaired) electrons. The van der Waals surface area contributed by atoms with Gasteiger partial charge in [-0.05, 0) is 19.8 Å². The summed E-state index contributed by atoms with van der Waals surface area (Å²) in [5, 5.41) is 37.3. The second kappa shape index (κ2) is 25.0. The average Bonchev–Trinajstić information content (AvgIpc) is 3.06. The van der Waals surface area contributed by atoms with E-state index in [2.05, 4.69) is 16.0 Å². The minimum absolute atomic E-state index is 0.00929. The number of amides is 4. The molecule has 0 unspecified atom stereocenters. The molecule has 1 aliphatic rings. The lowest BCUT2D eigenvalue weighted by Crippen LogP contribution is -2.57. The van der Waals surface area contributed by atoms with E-state index in [0.717, 1.165) is 43.4 Å². The smallest absolute Gasteiger partial charge is 0.240 e. The number of aliphatic hydroxyl groups excluding tert-OH is 3. The Morgan fingerprint density at radius 2 is 1.33 bits per heavy atom. The number of carbonyl (C=O) groups is 6. The fourth-order valence-electron chi connectivity index (χ4n) is 4.87.